The second-order valence-electron chi connectivity index (χ2n) is 10.6. The highest BCUT2D eigenvalue weighted by atomic mass is 16.6. The van der Waals surface area contributed by atoms with Crippen molar-refractivity contribution in [3.05, 3.63) is 35.9 Å². The molecule has 0 saturated carbocycles. The van der Waals surface area contributed by atoms with Crippen LogP contribution in [0.15, 0.2) is 30.3 Å². The van der Waals surface area contributed by atoms with Crippen LogP contribution in [-0.2, 0) is 25.7 Å². The Labute approximate surface area is 224 Å². The average Bonchev–Trinajstić information content (AvgIpc) is 2.87. The summed E-state index contributed by atoms with van der Waals surface area (Å²) >= 11 is 0. The minimum Gasteiger partial charge on any atom is -0.445 e. The van der Waals surface area contributed by atoms with Crippen molar-refractivity contribution < 1.29 is 23.9 Å². The summed E-state index contributed by atoms with van der Waals surface area (Å²) in [5.74, 6) is -0.672. The summed E-state index contributed by atoms with van der Waals surface area (Å²) in [5, 5.41) is 2.95. The number of carbonyl (C=O) groups excluding carboxylic acids is 3. The van der Waals surface area contributed by atoms with Crippen LogP contribution in [0.5, 0.6) is 0 Å². The number of carbonyl (C=O) groups is 3. The van der Waals surface area contributed by atoms with Crippen LogP contribution in [0.4, 0.5) is 4.79 Å². The van der Waals surface area contributed by atoms with E-state index in [1.54, 1.807) is 26.1 Å². The number of hydrogen-bond donors (Lipinski definition) is 1. The number of methoxy groups -OCH3 is 1. The number of hydrogen-bond acceptors (Lipinski definition) is 5. The maximum absolute atomic E-state index is 13.7. The van der Waals surface area contributed by atoms with Crippen molar-refractivity contribution in [1.29, 1.82) is 0 Å². The smallest absolute Gasteiger partial charge is 0.410 e. The van der Waals surface area contributed by atoms with E-state index in [9.17, 15) is 14.4 Å². The van der Waals surface area contributed by atoms with Crippen molar-refractivity contribution >= 4 is 17.9 Å². The summed E-state index contributed by atoms with van der Waals surface area (Å²) in [7, 11) is 5.01. The van der Waals surface area contributed by atoms with Gasteiger partial charge in [0.05, 0.1) is 12.1 Å². The van der Waals surface area contributed by atoms with Crippen LogP contribution in [0.2, 0.25) is 0 Å². The Hall–Kier alpha value is -2.61. The Morgan fingerprint density at radius 3 is 1.95 bits per heavy atom. The first-order valence-corrected chi connectivity index (χ1v) is 13.4. The van der Waals surface area contributed by atoms with Gasteiger partial charge in [-0.25, -0.2) is 4.79 Å². The summed E-state index contributed by atoms with van der Waals surface area (Å²) in [6.07, 6.45) is 0.963. The third kappa shape index (κ3) is 9.02. The molecule has 0 bridgehead atoms. The zero-order chi connectivity index (χ0) is 28.3. The van der Waals surface area contributed by atoms with Gasteiger partial charge in [-0.2, -0.15) is 0 Å². The van der Waals surface area contributed by atoms with E-state index in [0.29, 0.717) is 0 Å². The Bertz CT molecular complexity index is 841. The summed E-state index contributed by atoms with van der Waals surface area (Å²) in [6.45, 7) is 13.9. The van der Waals surface area contributed by atoms with Crippen LogP contribution >= 0.6 is 0 Å². The first-order chi connectivity index (χ1) is 17.4. The second kappa shape index (κ2) is 15.6. The fourth-order valence-corrected chi connectivity index (χ4v) is 4.77. The Morgan fingerprint density at radius 2 is 1.49 bits per heavy atom. The van der Waals surface area contributed by atoms with Crippen LogP contribution in [0.25, 0.3) is 0 Å². The third-order valence-corrected chi connectivity index (χ3v) is 7.15. The normalized spacial score (nSPS) is 15.5. The highest BCUT2D eigenvalue weighted by Crippen LogP contribution is 2.23. The molecule has 1 aromatic rings. The predicted octanol–water partition coefficient (Wildman–Crippen LogP) is 4.72. The average molecular weight is 520 g/mol. The van der Waals surface area contributed by atoms with E-state index in [4.69, 9.17) is 9.47 Å². The fraction of sp³-hybridized carbons (Fsp3) is 0.690. The molecule has 8 heteroatoms. The maximum atomic E-state index is 13.7. The topological polar surface area (TPSA) is 88.2 Å². The monoisotopic (exact) mass is 519 g/mol. The molecule has 1 N–H and O–H groups in total. The molecule has 0 aliphatic carbocycles. The Kier molecular flexibility index (Phi) is 13.7. The molecule has 0 saturated heterocycles. The SMILES string of the molecule is CC[C@H](C)[C@@H]([C@@H](CC)OC)N(C)C(=O)[C@@H](NC(=O)[C@H](C(C)C)N(C)C(=O)OCc1ccccc1)C(C)C. The molecule has 3 amide bonds. The molecule has 37 heavy (non-hydrogen) atoms. The van der Waals surface area contributed by atoms with Crippen LogP contribution < -0.4 is 5.32 Å². The quantitative estimate of drug-likeness (QED) is 0.384. The molecule has 0 unspecified atom stereocenters. The zero-order valence-electron chi connectivity index (χ0n) is 24.5. The second-order valence-corrected chi connectivity index (χ2v) is 10.6. The molecular formula is C29H49N3O5. The molecule has 0 heterocycles. The van der Waals surface area contributed by atoms with Crippen LogP contribution in [-0.4, -0.2) is 73.1 Å². The summed E-state index contributed by atoms with van der Waals surface area (Å²) in [6, 6.07) is 7.72. The van der Waals surface area contributed by atoms with Gasteiger partial charge in [0.2, 0.25) is 11.8 Å². The number of nitrogens with zero attached hydrogens (tertiary/aromatic N) is 2. The van der Waals surface area contributed by atoms with E-state index in [1.165, 1.54) is 4.90 Å². The molecule has 0 fully saturated rings. The van der Waals surface area contributed by atoms with Gasteiger partial charge in [0, 0.05) is 21.2 Å². The minimum atomic E-state index is -0.796. The predicted molar refractivity (Wildman–Crippen MR) is 147 cm³/mol. The maximum Gasteiger partial charge on any atom is 0.410 e. The van der Waals surface area contributed by atoms with Crippen molar-refractivity contribution in [2.45, 2.75) is 92.1 Å². The van der Waals surface area contributed by atoms with Gasteiger partial charge in [-0.15, -0.1) is 0 Å². The highest BCUT2D eigenvalue weighted by molar-refractivity contribution is 5.91. The minimum absolute atomic E-state index is 0.110. The molecule has 210 valence electrons. The van der Waals surface area contributed by atoms with Gasteiger partial charge in [-0.05, 0) is 29.7 Å². The third-order valence-electron chi connectivity index (χ3n) is 7.15. The Balaban J connectivity index is 3.07. The van der Waals surface area contributed by atoms with Gasteiger partial charge in [-0.3, -0.25) is 14.5 Å². The summed E-state index contributed by atoms with van der Waals surface area (Å²) in [4.78, 5) is 43.1. The van der Waals surface area contributed by atoms with Crippen LogP contribution in [0, 0.1) is 17.8 Å². The van der Waals surface area contributed by atoms with Gasteiger partial charge >= 0.3 is 6.09 Å². The molecule has 1 aromatic carbocycles. The summed E-state index contributed by atoms with van der Waals surface area (Å²) < 4.78 is 11.2. The number of nitrogens with one attached hydrogen (secondary N) is 1. The van der Waals surface area contributed by atoms with E-state index in [1.807, 2.05) is 65.0 Å². The van der Waals surface area contributed by atoms with E-state index < -0.39 is 18.2 Å². The lowest BCUT2D eigenvalue weighted by Crippen LogP contribution is -2.60. The Morgan fingerprint density at radius 1 is 0.892 bits per heavy atom. The molecule has 1 rings (SSSR count). The van der Waals surface area contributed by atoms with E-state index in [0.717, 1.165) is 18.4 Å². The largest absolute Gasteiger partial charge is 0.445 e. The van der Waals surface area contributed by atoms with E-state index >= 15 is 0 Å². The lowest BCUT2D eigenvalue weighted by atomic mass is 9.90. The number of rotatable bonds is 14. The van der Waals surface area contributed by atoms with Gasteiger partial charge in [0.1, 0.15) is 18.7 Å². The zero-order valence-corrected chi connectivity index (χ0v) is 24.5. The number of likely N-dealkylation sites (N-methyl/N-ethyl adjacent to an activating group) is 2. The van der Waals surface area contributed by atoms with Gasteiger partial charge in [0.25, 0.3) is 0 Å². The lowest BCUT2D eigenvalue weighted by molar-refractivity contribution is -0.143. The molecule has 5 atom stereocenters. The van der Waals surface area contributed by atoms with Gasteiger partial charge in [-0.1, -0.05) is 85.2 Å². The number of ether oxygens (including phenoxy) is 2. The van der Waals surface area contributed by atoms with Crippen molar-refractivity contribution in [3.8, 4) is 0 Å². The van der Waals surface area contributed by atoms with E-state index in [-0.39, 0.29) is 48.3 Å². The first kappa shape index (κ1) is 32.4. The van der Waals surface area contributed by atoms with Gasteiger partial charge < -0.3 is 19.7 Å². The molecule has 8 nitrogen and oxygen atoms in total. The number of amides is 3. The molecule has 0 aliphatic rings. The van der Waals surface area contributed by atoms with Crippen molar-refractivity contribution in [2.24, 2.45) is 17.8 Å². The summed E-state index contributed by atoms with van der Waals surface area (Å²) in [5.41, 5.74) is 0.862. The highest BCUT2D eigenvalue weighted by Gasteiger charge is 2.38. The fourth-order valence-electron chi connectivity index (χ4n) is 4.77. The standard InChI is InChI=1S/C29H49N3O5/c1-11-21(7)26(23(12-2)36-10)31(8)28(34)24(19(3)4)30-27(33)25(20(5)6)32(9)29(35)37-18-22-16-14-13-15-17-22/h13-17,19-21,23-26H,11-12,18H2,1-10H3,(H,30,33)/t21-,23+,24-,25-,26-/m0/s1. The van der Waals surface area contributed by atoms with Crippen LogP contribution in [0.1, 0.15) is 66.9 Å². The molecular weight excluding hydrogens is 470 g/mol. The van der Waals surface area contributed by atoms with Crippen molar-refractivity contribution in [2.75, 3.05) is 21.2 Å². The van der Waals surface area contributed by atoms with E-state index in [2.05, 4.69) is 19.2 Å². The molecule has 0 aromatic heterocycles. The lowest BCUT2D eigenvalue weighted by Gasteiger charge is -2.40. The molecule has 0 spiro atoms. The molecule has 0 radical (unpaired) electrons. The first-order valence-electron chi connectivity index (χ1n) is 13.4. The number of benzene rings is 1. The van der Waals surface area contributed by atoms with Crippen molar-refractivity contribution in [3.63, 3.8) is 0 Å². The molecule has 0 aliphatic heterocycles. The van der Waals surface area contributed by atoms with Gasteiger partial charge in [0.15, 0.2) is 0 Å². The van der Waals surface area contributed by atoms with Crippen molar-refractivity contribution in [1.82, 2.24) is 15.1 Å². The van der Waals surface area contributed by atoms with Crippen LogP contribution in [0.3, 0.4) is 0 Å².